The third-order valence-electron chi connectivity index (χ3n) is 1.74. The summed E-state index contributed by atoms with van der Waals surface area (Å²) in [6.45, 7) is 13.4. The molecule has 86 valence electrons. The zero-order valence-corrected chi connectivity index (χ0v) is 9.96. The van der Waals surface area contributed by atoms with E-state index in [9.17, 15) is 9.59 Å². The summed E-state index contributed by atoms with van der Waals surface area (Å²) in [4.78, 5) is 20.9. The van der Waals surface area contributed by atoms with Crippen LogP contribution < -0.4 is 0 Å². The number of ketones is 2. The SMILES string of the molecule is C=C(C)C(=O)C(=C)C.CC(=O)C(C)CO. The summed E-state index contributed by atoms with van der Waals surface area (Å²) in [6, 6.07) is 0. The van der Waals surface area contributed by atoms with Crippen LogP contribution in [0.15, 0.2) is 24.3 Å². The fourth-order valence-corrected chi connectivity index (χ4v) is 0.493. The molecule has 0 fully saturated rings. The number of hydrogen-bond donors (Lipinski definition) is 1. The highest BCUT2D eigenvalue weighted by Crippen LogP contribution is 1.98. The molecule has 3 heteroatoms. The molecule has 0 rings (SSSR count). The number of carbonyl (C=O) groups is 2. The van der Waals surface area contributed by atoms with Crippen molar-refractivity contribution in [1.82, 2.24) is 0 Å². The summed E-state index contributed by atoms with van der Waals surface area (Å²) >= 11 is 0. The van der Waals surface area contributed by atoms with Gasteiger partial charge in [0.05, 0.1) is 6.61 Å². The molecule has 3 nitrogen and oxygen atoms in total. The maximum absolute atomic E-state index is 10.6. The van der Waals surface area contributed by atoms with Crippen LogP contribution in [0.2, 0.25) is 0 Å². The van der Waals surface area contributed by atoms with E-state index in [4.69, 9.17) is 5.11 Å². The number of aliphatic hydroxyl groups excluding tert-OH is 1. The van der Waals surface area contributed by atoms with Gasteiger partial charge < -0.3 is 5.11 Å². The van der Waals surface area contributed by atoms with Gasteiger partial charge >= 0.3 is 0 Å². The van der Waals surface area contributed by atoms with E-state index < -0.39 is 0 Å². The Morgan fingerprint density at radius 3 is 1.47 bits per heavy atom. The summed E-state index contributed by atoms with van der Waals surface area (Å²) in [5.41, 5.74) is 1.11. The number of hydrogen-bond acceptors (Lipinski definition) is 3. The van der Waals surface area contributed by atoms with E-state index in [0.29, 0.717) is 11.1 Å². The topological polar surface area (TPSA) is 54.4 Å². The highest BCUT2D eigenvalue weighted by atomic mass is 16.3. The number of allylic oxidation sites excluding steroid dienone is 2. The molecule has 1 N–H and O–H groups in total. The normalized spacial score (nSPS) is 10.7. The van der Waals surface area contributed by atoms with Crippen molar-refractivity contribution in [1.29, 1.82) is 0 Å². The van der Waals surface area contributed by atoms with E-state index in [1.165, 1.54) is 6.92 Å². The molecule has 0 aromatic heterocycles. The van der Waals surface area contributed by atoms with E-state index in [1.807, 2.05) is 0 Å². The number of Topliss-reactive ketones (excluding diaryl/α,β-unsaturated/α-hetero) is 2. The molecule has 1 unspecified atom stereocenters. The maximum Gasteiger partial charge on any atom is 0.183 e. The van der Waals surface area contributed by atoms with Gasteiger partial charge in [-0.3, -0.25) is 9.59 Å². The van der Waals surface area contributed by atoms with Gasteiger partial charge in [0.15, 0.2) is 5.78 Å². The van der Waals surface area contributed by atoms with E-state index in [2.05, 4.69) is 13.2 Å². The zero-order valence-electron chi connectivity index (χ0n) is 9.96. The van der Waals surface area contributed by atoms with E-state index in [1.54, 1.807) is 20.8 Å². The third-order valence-corrected chi connectivity index (χ3v) is 1.74. The molecule has 0 bridgehead atoms. The Labute approximate surface area is 91.5 Å². The highest BCUT2D eigenvalue weighted by Gasteiger charge is 2.02. The quantitative estimate of drug-likeness (QED) is 0.724. The molecule has 0 aromatic rings. The van der Waals surface area contributed by atoms with E-state index >= 15 is 0 Å². The summed E-state index contributed by atoms with van der Waals surface area (Å²) in [6.07, 6.45) is 0. The van der Waals surface area contributed by atoms with Gasteiger partial charge in [-0.05, 0) is 31.9 Å². The number of carbonyl (C=O) groups excluding carboxylic acids is 2. The first-order chi connectivity index (χ1) is 6.73. The van der Waals surface area contributed by atoms with E-state index in [0.717, 1.165) is 0 Å². The van der Waals surface area contributed by atoms with Crippen LogP contribution in [-0.2, 0) is 9.59 Å². The number of aliphatic hydroxyl groups is 1. The first kappa shape index (κ1) is 16.2. The molecule has 0 aliphatic carbocycles. The molecule has 0 spiro atoms. The Morgan fingerprint density at radius 2 is 1.47 bits per heavy atom. The van der Waals surface area contributed by atoms with Crippen LogP contribution in [0.25, 0.3) is 0 Å². The molecule has 0 aliphatic rings. The maximum atomic E-state index is 10.6. The van der Waals surface area contributed by atoms with Crippen LogP contribution in [0, 0.1) is 5.92 Å². The molecular formula is C12H20O3. The smallest absolute Gasteiger partial charge is 0.183 e. The Morgan fingerprint density at radius 1 is 1.13 bits per heavy atom. The van der Waals surface area contributed by atoms with Crippen LogP contribution in [0.5, 0.6) is 0 Å². The second-order valence-corrected chi connectivity index (χ2v) is 3.58. The molecule has 1 atom stereocenters. The van der Waals surface area contributed by atoms with E-state index in [-0.39, 0.29) is 24.1 Å². The highest BCUT2D eigenvalue weighted by molar-refractivity contribution is 6.06. The lowest BCUT2D eigenvalue weighted by atomic mass is 10.1. The molecule has 0 radical (unpaired) electrons. The largest absolute Gasteiger partial charge is 0.396 e. The first-order valence-corrected chi connectivity index (χ1v) is 4.71. The summed E-state index contributed by atoms with van der Waals surface area (Å²) in [5.74, 6) is -0.174. The van der Waals surface area contributed by atoms with Crippen molar-refractivity contribution in [2.45, 2.75) is 27.7 Å². The fourth-order valence-electron chi connectivity index (χ4n) is 0.493. The van der Waals surface area contributed by atoms with Crippen LogP contribution >= 0.6 is 0 Å². The van der Waals surface area contributed by atoms with Gasteiger partial charge in [0.25, 0.3) is 0 Å². The van der Waals surface area contributed by atoms with Gasteiger partial charge in [0.1, 0.15) is 5.78 Å². The molecule has 0 saturated carbocycles. The first-order valence-electron chi connectivity index (χ1n) is 4.71. The van der Waals surface area contributed by atoms with Crippen molar-refractivity contribution in [3.63, 3.8) is 0 Å². The minimum absolute atomic E-state index is 0.0324. The standard InChI is InChI=1S/C7H10O.C5H10O2/c1-5(2)7(8)6(3)4;1-4(3-6)5(2)7/h1,3H2,2,4H3;4,6H,3H2,1-2H3. The fraction of sp³-hybridized carbons (Fsp3) is 0.500. The van der Waals surface area contributed by atoms with Crippen molar-refractivity contribution in [3.8, 4) is 0 Å². The van der Waals surface area contributed by atoms with Crippen LogP contribution in [0.4, 0.5) is 0 Å². The average Bonchev–Trinajstić information content (AvgIpc) is 2.15. The van der Waals surface area contributed by atoms with Gasteiger partial charge in [0.2, 0.25) is 0 Å². The Kier molecular flexibility index (Phi) is 8.78. The van der Waals surface area contributed by atoms with Crippen LogP contribution in [0.1, 0.15) is 27.7 Å². The molecule has 0 aromatic carbocycles. The van der Waals surface area contributed by atoms with Crippen molar-refractivity contribution < 1.29 is 14.7 Å². The lowest BCUT2D eigenvalue weighted by Crippen LogP contribution is -2.09. The summed E-state index contributed by atoms with van der Waals surface area (Å²) < 4.78 is 0. The van der Waals surface area contributed by atoms with Crippen molar-refractivity contribution in [2.75, 3.05) is 6.61 Å². The predicted octanol–water partition coefficient (Wildman–Crippen LogP) is 1.91. The van der Waals surface area contributed by atoms with Gasteiger partial charge in [-0.1, -0.05) is 20.1 Å². The monoisotopic (exact) mass is 212 g/mol. The molecule has 0 aliphatic heterocycles. The molecular weight excluding hydrogens is 192 g/mol. The van der Waals surface area contributed by atoms with Crippen molar-refractivity contribution >= 4 is 11.6 Å². The van der Waals surface area contributed by atoms with Gasteiger partial charge in [0, 0.05) is 5.92 Å². The molecule has 0 heterocycles. The van der Waals surface area contributed by atoms with Gasteiger partial charge in [-0.25, -0.2) is 0 Å². The van der Waals surface area contributed by atoms with Gasteiger partial charge in [-0.2, -0.15) is 0 Å². The second-order valence-electron chi connectivity index (χ2n) is 3.58. The molecule has 0 saturated heterocycles. The Balaban J connectivity index is 0. The number of rotatable bonds is 4. The van der Waals surface area contributed by atoms with Crippen molar-refractivity contribution in [2.24, 2.45) is 5.92 Å². The summed E-state index contributed by atoms with van der Waals surface area (Å²) in [5, 5.41) is 8.28. The molecule has 15 heavy (non-hydrogen) atoms. The molecule has 0 amide bonds. The summed E-state index contributed by atoms with van der Waals surface area (Å²) in [7, 11) is 0. The van der Waals surface area contributed by atoms with Gasteiger partial charge in [-0.15, -0.1) is 0 Å². The lowest BCUT2D eigenvalue weighted by molar-refractivity contribution is -0.121. The minimum atomic E-state index is -0.181. The van der Waals surface area contributed by atoms with Crippen LogP contribution in [0.3, 0.4) is 0 Å². The zero-order chi connectivity index (χ0) is 12.6. The Bertz CT molecular complexity index is 248. The second kappa shape index (κ2) is 8.12. The van der Waals surface area contributed by atoms with Crippen molar-refractivity contribution in [3.05, 3.63) is 24.3 Å². The lowest BCUT2D eigenvalue weighted by Gasteiger charge is -1.97. The minimum Gasteiger partial charge on any atom is -0.396 e. The third kappa shape index (κ3) is 9.09. The predicted molar refractivity (Wildman–Crippen MR) is 61.6 cm³/mol. The Hall–Kier alpha value is -1.22. The average molecular weight is 212 g/mol. The van der Waals surface area contributed by atoms with Crippen LogP contribution in [-0.4, -0.2) is 23.3 Å².